The van der Waals surface area contributed by atoms with E-state index in [1.165, 1.54) is 18.2 Å². The Balaban J connectivity index is 1.57. The Kier molecular flexibility index (Phi) is 11.8. The Labute approximate surface area is 256 Å². The third-order valence-corrected chi connectivity index (χ3v) is 7.59. The first kappa shape index (κ1) is 33.4. The van der Waals surface area contributed by atoms with Crippen molar-refractivity contribution in [3.05, 3.63) is 99.9 Å². The monoisotopic (exact) mass is 615 g/mol. The van der Waals surface area contributed by atoms with E-state index in [2.05, 4.69) is 28.5 Å². The van der Waals surface area contributed by atoms with Crippen molar-refractivity contribution in [2.75, 3.05) is 26.2 Å². The first-order valence-electron chi connectivity index (χ1n) is 15.1. The average Bonchev–Trinajstić information content (AvgIpc) is 2.95. The minimum atomic E-state index is -4.46. The third-order valence-electron chi connectivity index (χ3n) is 7.59. The lowest BCUT2D eigenvalue weighted by atomic mass is 9.99. The molecule has 1 aliphatic rings. The molecule has 3 aromatic rings. The van der Waals surface area contributed by atoms with Crippen molar-refractivity contribution in [1.29, 1.82) is 0 Å². The van der Waals surface area contributed by atoms with Gasteiger partial charge in [-0.05, 0) is 92.7 Å². The zero-order chi connectivity index (χ0) is 31.7. The number of hydrogen-bond donors (Lipinski definition) is 3. The summed E-state index contributed by atoms with van der Waals surface area (Å²) in [6, 6.07) is 14.2. The number of nitrogens with one attached hydrogen (secondary N) is 2. The van der Waals surface area contributed by atoms with E-state index in [1.807, 2.05) is 13.0 Å². The maximum absolute atomic E-state index is 14.6. The van der Waals surface area contributed by atoms with E-state index >= 15 is 0 Å². The number of rotatable bonds is 7. The summed E-state index contributed by atoms with van der Waals surface area (Å²) in [5.74, 6) is -0.495. The molecule has 1 aliphatic heterocycles. The highest BCUT2D eigenvalue weighted by Crippen LogP contribution is 2.29. The van der Waals surface area contributed by atoms with Gasteiger partial charge in [0.15, 0.2) is 0 Å². The topological polar surface area (TPSA) is 73.8 Å². The van der Waals surface area contributed by atoms with Gasteiger partial charge >= 0.3 is 6.18 Å². The zero-order valence-corrected chi connectivity index (χ0v) is 25.2. The Morgan fingerprint density at radius 3 is 2.68 bits per heavy atom. The fraction of sp³-hybridized carbons (Fsp3) is 0.441. The molecule has 4 bridgehead atoms. The van der Waals surface area contributed by atoms with Crippen LogP contribution in [-0.2, 0) is 25.7 Å². The molecule has 0 fully saturated rings. The molecule has 3 N–H and O–H groups in total. The van der Waals surface area contributed by atoms with E-state index in [4.69, 9.17) is 4.74 Å². The molecule has 0 spiro atoms. The lowest BCUT2D eigenvalue weighted by Gasteiger charge is -2.26. The SMILES string of the molecule is CCCN1CCCCOc2cc(F)cc(c2)CC(C(O)CNCc2cccc(C(F)(F)F)c2)NC(=O)c2cc(C)cc(c2)C1. The van der Waals surface area contributed by atoms with Gasteiger partial charge in [-0.3, -0.25) is 9.69 Å². The van der Waals surface area contributed by atoms with Crippen molar-refractivity contribution >= 4 is 5.91 Å². The van der Waals surface area contributed by atoms with Crippen LogP contribution in [0.25, 0.3) is 0 Å². The number of amides is 1. The van der Waals surface area contributed by atoms with Crippen LogP contribution in [0.4, 0.5) is 17.6 Å². The molecule has 4 rings (SSSR count). The van der Waals surface area contributed by atoms with Crippen LogP contribution in [0.15, 0.2) is 60.7 Å². The van der Waals surface area contributed by atoms with Gasteiger partial charge in [0.1, 0.15) is 11.6 Å². The maximum atomic E-state index is 14.6. The van der Waals surface area contributed by atoms with Crippen molar-refractivity contribution in [3.8, 4) is 5.75 Å². The number of aliphatic hydroxyl groups is 1. The second-order valence-electron chi connectivity index (χ2n) is 11.5. The van der Waals surface area contributed by atoms with Crippen LogP contribution in [0.3, 0.4) is 0 Å². The van der Waals surface area contributed by atoms with E-state index in [9.17, 15) is 27.5 Å². The van der Waals surface area contributed by atoms with Gasteiger partial charge in [-0.15, -0.1) is 0 Å². The van der Waals surface area contributed by atoms with Crippen molar-refractivity contribution in [3.63, 3.8) is 0 Å². The third kappa shape index (κ3) is 10.0. The quantitative estimate of drug-likeness (QED) is 0.283. The Hall–Kier alpha value is -3.47. The minimum absolute atomic E-state index is 0.0229. The van der Waals surface area contributed by atoms with Gasteiger partial charge < -0.3 is 20.5 Å². The average molecular weight is 616 g/mol. The van der Waals surface area contributed by atoms with Crippen LogP contribution in [-0.4, -0.2) is 54.3 Å². The second-order valence-corrected chi connectivity index (χ2v) is 11.5. The van der Waals surface area contributed by atoms with Gasteiger partial charge in [0.05, 0.1) is 24.3 Å². The number of alkyl halides is 3. The molecule has 0 aromatic heterocycles. The molecular weight excluding hydrogens is 574 g/mol. The first-order chi connectivity index (χ1) is 21.0. The Morgan fingerprint density at radius 1 is 1.09 bits per heavy atom. The van der Waals surface area contributed by atoms with Crippen LogP contribution in [0.1, 0.15) is 64.4 Å². The van der Waals surface area contributed by atoms with Crippen LogP contribution in [0.2, 0.25) is 0 Å². The van der Waals surface area contributed by atoms with Crippen molar-refractivity contribution < 1.29 is 32.2 Å². The number of benzene rings is 3. The molecule has 44 heavy (non-hydrogen) atoms. The smallest absolute Gasteiger partial charge is 0.416 e. The summed E-state index contributed by atoms with van der Waals surface area (Å²) in [4.78, 5) is 15.9. The molecule has 0 saturated carbocycles. The van der Waals surface area contributed by atoms with E-state index in [1.54, 1.807) is 18.2 Å². The lowest BCUT2D eigenvalue weighted by molar-refractivity contribution is -0.137. The van der Waals surface area contributed by atoms with E-state index in [-0.39, 0.29) is 25.4 Å². The van der Waals surface area contributed by atoms with Crippen LogP contribution >= 0.6 is 0 Å². The standard InChI is InChI=1S/C34H41F4N3O3/c1-3-9-41-10-4-5-11-44-30-17-25(16-29(35)19-30)18-31(40-33(43)27-13-23(2)12-26(14-27)22-41)32(42)21-39-20-24-7-6-8-28(15-24)34(36,37)38/h6-8,12-17,19,31-32,39,42H,3-5,9-11,18,20-22H2,1-2H3,(H,40,43). The molecule has 1 amide bonds. The Morgan fingerprint density at radius 2 is 1.91 bits per heavy atom. The van der Waals surface area contributed by atoms with E-state index in [0.717, 1.165) is 55.6 Å². The highest BCUT2D eigenvalue weighted by atomic mass is 19.4. The molecule has 0 saturated heterocycles. The fourth-order valence-corrected chi connectivity index (χ4v) is 5.53. The van der Waals surface area contributed by atoms with Crippen LogP contribution in [0.5, 0.6) is 5.75 Å². The number of fused-ring (bicyclic) bond motifs is 4. The number of carbonyl (C=O) groups is 1. The van der Waals surface area contributed by atoms with Gasteiger partial charge in [-0.1, -0.05) is 36.8 Å². The summed E-state index contributed by atoms with van der Waals surface area (Å²) >= 11 is 0. The van der Waals surface area contributed by atoms with E-state index < -0.39 is 29.7 Å². The molecule has 238 valence electrons. The summed E-state index contributed by atoms with van der Waals surface area (Å²) in [6.45, 7) is 7.01. The summed E-state index contributed by atoms with van der Waals surface area (Å²) in [7, 11) is 0. The number of aliphatic hydroxyl groups excluding tert-OH is 1. The predicted molar refractivity (Wildman–Crippen MR) is 162 cm³/mol. The van der Waals surface area contributed by atoms with E-state index in [0.29, 0.717) is 35.6 Å². The zero-order valence-electron chi connectivity index (χ0n) is 25.2. The summed E-state index contributed by atoms with van der Waals surface area (Å²) in [5, 5.41) is 17.1. The highest BCUT2D eigenvalue weighted by molar-refractivity contribution is 5.94. The number of aryl methyl sites for hydroxylation is 1. The largest absolute Gasteiger partial charge is 0.493 e. The number of ether oxygens (including phenoxy) is 1. The molecule has 3 aromatic carbocycles. The first-order valence-corrected chi connectivity index (χ1v) is 15.1. The molecule has 2 unspecified atom stereocenters. The van der Waals surface area contributed by atoms with Crippen molar-refractivity contribution in [1.82, 2.24) is 15.5 Å². The van der Waals surface area contributed by atoms with Crippen molar-refractivity contribution in [2.24, 2.45) is 0 Å². The molecule has 2 atom stereocenters. The van der Waals surface area contributed by atoms with Gasteiger partial charge in [0.2, 0.25) is 0 Å². The summed E-state index contributed by atoms with van der Waals surface area (Å²) < 4.78 is 59.9. The van der Waals surface area contributed by atoms with Gasteiger partial charge in [0.25, 0.3) is 5.91 Å². The summed E-state index contributed by atoms with van der Waals surface area (Å²) in [5.41, 5.74) is 2.59. The number of hydrogen-bond acceptors (Lipinski definition) is 5. The molecule has 0 aliphatic carbocycles. The van der Waals surface area contributed by atoms with Crippen LogP contribution in [0, 0.1) is 12.7 Å². The molecular formula is C34H41F4N3O3. The van der Waals surface area contributed by atoms with Crippen LogP contribution < -0.4 is 15.4 Å². The normalized spacial score (nSPS) is 17.8. The predicted octanol–water partition coefficient (Wildman–Crippen LogP) is 6.03. The molecule has 0 radical (unpaired) electrons. The van der Waals surface area contributed by atoms with Crippen molar-refractivity contribution in [2.45, 2.75) is 70.9 Å². The Bertz CT molecular complexity index is 1400. The molecule has 10 heteroatoms. The molecule has 6 nitrogen and oxygen atoms in total. The fourth-order valence-electron chi connectivity index (χ4n) is 5.53. The van der Waals surface area contributed by atoms with Gasteiger partial charge in [-0.2, -0.15) is 13.2 Å². The van der Waals surface area contributed by atoms with Gasteiger partial charge in [0, 0.05) is 31.3 Å². The second kappa shape index (κ2) is 15.5. The summed E-state index contributed by atoms with van der Waals surface area (Å²) in [6.07, 6.45) is -2.80. The number of nitrogens with zero attached hydrogens (tertiary/aromatic N) is 1. The minimum Gasteiger partial charge on any atom is -0.493 e. The van der Waals surface area contributed by atoms with Gasteiger partial charge in [-0.25, -0.2) is 4.39 Å². The lowest BCUT2D eigenvalue weighted by Crippen LogP contribution is -2.48. The number of halogens is 4. The maximum Gasteiger partial charge on any atom is 0.416 e. The molecule has 1 heterocycles. The number of carbonyl (C=O) groups excluding carboxylic acids is 1. The highest BCUT2D eigenvalue weighted by Gasteiger charge is 2.30.